The first kappa shape index (κ1) is 14.1. The van der Waals surface area contributed by atoms with Crippen LogP contribution >= 0.6 is 0 Å². The molecule has 4 nitrogen and oxygen atoms in total. The number of allylic oxidation sites excluding steroid dienone is 1. The molecule has 112 valence electrons. The van der Waals surface area contributed by atoms with Crippen molar-refractivity contribution in [3.8, 4) is 0 Å². The Kier molecular flexibility index (Phi) is 4.25. The van der Waals surface area contributed by atoms with E-state index >= 15 is 0 Å². The minimum Gasteiger partial charge on any atom is -0.382 e. The number of piperidine rings is 1. The van der Waals surface area contributed by atoms with Gasteiger partial charge in [0, 0.05) is 36.7 Å². The van der Waals surface area contributed by atoms with Gasteiger partial charge in [0.25, 0.3) is 0 Å². The molecule has 0 radical (unpaired) electrons. The SMILES string of the molecule is CC(C)=CCN1CCC(Nc2ccc3cn[nH]c3c2)CC1. The van der Waals surface area contributed by atoms with Gasteiger partial charge in [0.05, 0.1) is 11.7 Å². The Morgan fingerprint density at radius 1 is 1.38 bits per heavy atom. The van der Waals surface area contributed by atoms with E-state index in [9.17, 15) is 0 Å². The fourth-order valence-electron chi connectivity index (χ4n) is 2.83. The number of benzene rings is 1. The van der Waals surface area contributed by atoms with Crippen LogP contribution in [0.2, 0.25) is 0 Å². The molecule has 2 N–H and O–H groups in total. The van der Waals surface area contributed by atoms with Crippen LogP contribution in [0, 0.1) is 0 Å². The molecule has 0 aliphatic carbocycles. The lowest BCUT2D eigenvalue weighted by molar-refractivity contribution is 0.240. The molecule has 3 rings (SSSR count). The number of anilines is 1. The standard InChI is InChI=1S/C17H24N4/c1-13(2)5-8-21-9-6-15(7-10-21)19-16-4-3-14-12-18-20-17(14)11-16/h3-5,11-12,15,19H,6-10H2,1-2H3,(H,18,20). The van der Waals surface area contributed by atoms with Crippen molar-refractivity contribution in [2.45, 2.75) is 32.7 Å². The molecule has 1 saturated heterocycles. The van der Waals surface area contributed by atoms with E-state index in [1.165, 1.54) is 37.2 Å². The van der Waals surface area contributed by atoms with Crippen molar-refractivity contribution in [2.24, 2.45) is 0 Å². The molecular formula is C17H24N4. The zero-order valence-electron chi connectivity index (χ0n) is 12.9. The van der Waals surface area contributed by atoms with E-state index in [-0.39, 0.29) is 0 Å². The average Bonchev–Trinajstić information content (AvgIpc) is 2.94. The minimum atomic E-state index is 0.577. The van der Waals surface area contributed by atoms with Crippen molar-refractivity contribution < 1.29 is 0 Å². The quantitative estimate of drug-likeness (QED) is 0.846. The van der Waals surface area contributed by atoms with E-state index in [1.54, 1.807) is 0 Å². The molecule has 0 bridgehead atoms. The number of rotatable bonds is 4. The molecule has 0 atom stereocenters. The Bertz CT molecular complexity index is 617. The third kappa shape index (κ3) is 3.64. The number of aromatic nitrogens is 2. The fraction of sp³-hybridized carbons (Fsp3) is 0.471. The second-order valence-corrected chi connectivity index (χ2v) is 6.17. The molecule has 1 aromatic carbocycles. The Morgan fingerprint density at radius 2 is 2.19 bits per heavy atom. The number of nitrogens with zero attached hydrogens (tertiary/aromatic N) is 2. The maximum absolute atomic E-state index is 4.07. The zero-order valence-corrected chi connectivity index (χ0v) is 12.9. The van der Waals surface area contributed by atoms with Gasteiger partial charge >= 0.3 is 0 Å². The third-order valence-electron chi connectivity index (χ3n) is 4.16. The predicted octanol–water partition coefficient (Wildman–Crippen LogP) is 3.41. The summed E-state index contributed by atoms with van der Waals surface area (Å²) in [5, 5.41) is 11.9. The van der Waals surface area contributed by atoms with Gasteiger partial charge in [0.15, 0.2) is 0 Å². The van der Waals surface area contributed by atoms with Crippen molar-refractivity contribution in [1.82, 2.24) is 15.1 Å². The van der Waals surface area contributed by atoms with Gasteiger partial charge in [-0.05, 0) is 44.9 Å². The van der Waals surface area contributed by atoms with Crippen LogP contribution in [0.4, 0.5) is 5.69 Å². The van der Waals surface area contributed by atoms with Crippen molar-refractivity contribution in [2.75, 3.05) is 25.0 Å². The molecule has 0 saturated carbocycles. The summed E-state index contributed by atoms with van der Waals surface area (Å²) in [5.74, 6) is 0. The molecular weight excluding hydrogens is 260 g/mol. The van der Waals surface area contributed by atoms with Gasteiger partial charge in [0.1, 0.15) is 0 Å². The molecule has 1 aliphatic heterocycles. The van der Waals surface area contributed by atoms with E-state index in [1.807, 2.05) is 6.20 Å². The molecule has 1 aliphatic rings. The summed E-state index contributed by atoms with van der Waals surface area (Å²) in [6, 6.07) is 6.99. The molecule has 1 aromatic heterocycles. The molecule has 4 heteroatoms. The van der Waals surface area contributed by atoms with Crippen LogP contribution in [0.15, 0.2) is 36.0 Å². The first-order valence-corrected chi connectivity index (χ1v) is 7.76. The van der Waals surface area contributed by atoms with Crippen LogP contribution in [-0.4, -0.2) is 40.8 Å². The molecule has 2 heterocycles. The summed E-state index contributed by atoms with van der Waals surface area (Å²) in [6.45, 7) is 7.77. The van der Waals surface area contributed by atoms with Crippen LogP contribution < -0.4 is 5.32 Å². The molecule has 0 unspecified atom stereocenters. The molecule has 0 amide bonds. The van der Waals surface area contributed by atoms with Crippen LogP contribution in [0.3, 0.4) is 0 Å². The molecule has 21 heavy (non-hydrogen) atoms. The van der Waals surface area contributed by atoms with Crippen LogP contribution in [0.5, 0.6) is 0 Å². The lowest BCUT2D eigenvalue weighted by atomic mass is 10.0. The number of likely N-dealkylation sites (tertiary alicyclic amines) is 1. The number of fused-ring (bicyclic) bond motifs is 1. The van der Waals surface area contributed by atoms with Crippen LogP contribution in [0.1, 0.15) is 26.7 Å². The van der Waals surface area contributed by atoms with Crippen molar-refractivity contribution in [3.63, 3.8) is 0 Å². The minimum absolute atomic E-state index is 0.577. The average molecular weight is 284 g/mol. The molecule has 2 aromatic rings. The first-order valence-electron chi connectivity index (χ1n) is 7.76. The topological polar surface area (TPSA) is 44.0 Å². The van der Waals surface area contributed by atoms with Gasteiger partial charge in [0.2, 0.25) is 0 Å². The van der Waals surface area contributed by atoms with E-state index < -0.39 is 0 Å². The fourth-order valence-corrected chi connectivity index (χ4v) is 2.83. The maximum Gasteiger partial charge on any atom is 0.0670 e. The van der Waals surface area contributed by atoms with Gasteiger partial charge in [-0.2, -0.15) is 5.10 Å². The lowest BCUT2D eigenvalue weighted by Crippen LogP contribution is -2.39. The highest BCUT2D eigenvalue weighted by Crippen LogP contribution is 2.20. The highest BCUT2D eigenvalue weighted by molar-refractivity contribution is 5.81. The van der Waals surface area contributed by atoms with Crippen molar-refractivity contribution >= 4 is 16.6 Å². The van der Waals surface area contributed by atoms with Crippen LogP contribution in [0.25, 0.3) is 10.9 Å². The predicted molar refractivity (Wildman–Crippen MR) is 88.6 cm³/mol. The normalized spacial score (nSPS) is 17.0. The maximum atomic E-state index is 4.07. The van der Waals surface area contributed by atoms with Gasteiger partial charge in [-0.1, -0.05) is 11.6 Å². The molecule has 1 fully saturated rings. The smallest absolute Gasteiger partial charge is 0.0670 e. The van der Waals surface area contributed by atoms with Crippen LogP contribution in [-0.2, 0) is 0 Å². The van der Waals surface area contributed by atoms with Gasteiger partial charge in [-0.3, -0.25) is 10.00 Å². The number of H-pyrrole nitrogens is 1. The lowest BCUT2D eigenvalue weighted by Gasteiger charge is -2.32. The van der Waals surface area contributed by atoms with E-state index in [0.29, 0.717) is 6.04 Å². The van der Waals surface area contributed by atoms with E-state index in [4.69, 9.17) is 0 Å². The Balaban J connectivity index is 1.54. The molecule has 0 spiro atoms. The summed E-state index contributed by atoms with van der Waals surface area (Å²) < 4.78 is 0. The van der Waals surface area contributed by atoms with Crippen molar-refractivity contribution in [1.29, 1.82) is 0 Å². The van der Waals surface area contributed by atoms with Gasteiger partial charge in [-0.25, -0.2) is 0 Å². The summed E-state index contributed by atoms with van der Waals surface area (Å²) >= 11 is 0. The van der Waals surface area contributed by atoms with Crippen molar-refractivity contribution in [3.05, 3.63) is 36.0 Å². The van der Waals surface area contributed by atoms with E-state index in [2.05, 4.69) is 58.5 Å². The number of hydrogen-bond donors (Lipinski definition) is 2. The number of hydrogen-bond acceptors (Lipinski definition) is 3. The summed E-state index contributed by atoms with van der Waals surface area (Å²) in [4.78, 5) is 2.53. The highest BCUT2D eigenvalue weighted by Gasteiger charge is 2.18. The van der Waals surface area contributed by atoms with Gasteiger partial charge in [-0.15, -0.1) is 0 Å². The van der Waals surface area contributed by atoms with E-state index in [0.717, 1.165) is 17.4 Å². The Hall–Kier alpha value is -1.81. The number of aromatic amines is 1. The third-order valence-corrected chi connectivity index (χ3v) is 4.16. The second-order valence-electron chi connectivity index (χ2n) is 6.17. The second kappa shape index (κ2) is 6.31. The summed E-state index contributed by atoms with van der Waals surface area (Å²) in [7, 11) is 0. The highest BCUT2D eigenvalue weighted by atomic mass is 15.1. The monoisotopic (exact) mass is 284 g/mol. The number of nitrogens with one attached hydrogen (secondary N) is 2. The largest absolute Gasteiger partial charge is 0.382 e. The Morgan fingerprint density at radius 3 is 2.95 bits per heavy atom. The first-order chi connectivity index (χ1) is 10.2. The summed E-state index contributed by atoms with van der Waals surface area (Å²) in [5.41, 5.74) is 3.69. The van der Waals surface area contributed by atoms with Gasteiger partial charge < -0.3 is 5.32 Å². The Labute approximate surface area is 126 Å². The summed E-state index contributed by atoms with van der Waals surface area (Å²) in [6.07, 6.45) is 6.59. The zero-order chi connectivity index (χ0) is 14.7.